The molecule has 0 radical (unpaired) electrons. The van der Waals surface area contributed by atoms with Gasteiger partial charge in [-0.05, 0) is 19.1 Å². The van der Waals surface area contributed by atoms with Crippen LogP contribution in [0.25, 0.3) is 0 Å². The molecule has 6 nitrogen and oxygen atoms in total. The van der Waals surface area contributed by atoms with Crippen LogP contribution in [0.3, 0.4) is 0 Å². The van der Waals surface area contributed by atoms with E-state index in [0.29, 0.717) is 12.3 Å². The maximum Gasteiger partial charge on any atom is 0.182 e. The SMILES string of the molecule is COc1ccc(N)c(S(=O)(=O)CCn2ccnc2C)c1. The van der Waals surface area contributed by atoms with Crippen molar-refractivity contribution in [2.75, 3.05) is 18.6 Å². The molecule has 0 fully saturated rings. The second-order valence-corrected chi connectivity index (χ2v) is 6.47. The first kappa shape index (κ1) is 14.4. The van der Waals surface area contributed by atoms with Crippen molar-refractivity contribution in [3.63, 3.8) is 0 Å². The number of nitrogen functional groups attached to an aromatic ring is 1. The number of hydrogen-bond acceptors (Lipinski definition) is 5. The normalized spacial score (nSPS) is 11.5. The highest BCUT2D eigenvalue weighted by Crippen LogP contribution is 2.25. The highest BCUT2D eigenvalue weighted by Gasteiger charge is 2.19. The number of imidazole rings is 1. The molecule has 0 aliphatic heterocycles. The third-order valence-corrected chi connectivity index (χ3v) is 4.82. The van der Waals surface area contributed by atoms with Gasteiger partial charge >= 0.3 is 0 Å². The number of nitrogens with two attached hydrogens (primary N) is 1. The number of methoxy groups -OCH3 is 1. The number of aryl methyl sites for hydroxylation is 2. The first-order valence-corrected chi connectivity index (χ1v) is 7.73. The number of benzene rings is 1. The lowest BCUT2D eigenvalue weighted by Crippen LogP contribution is -2.15. The molecule has 2 N–H and O–H groups in total. The molecule has 0 amide bonds. The van der Waals surface area contributed by atoms with Gasteiger partial charge in [0.05, 0.1) is 23.4 Å². The quantitative estimate of drug-likeness (QED) is 0.839. The Kier molecular flexibility index (Phi) is 3.99. The van der Waals surface area contributed by atoms with Gasteiger partial charge in [0.2, 0.25) is 0 Å². The number of rotatable bonds is 5. The van der Waals surface area contributed by atoms with E-state index in [4.69, 9.17) is 10.5 Å². The van der Waals surface area contributed by atoms with Gasteiger partial charge in [0.1, 0.15) is 11.6 Å². The molecule has 0 saturated carbocycles. The summed E-state index contributed by atoms with van der Waals surface area (Å²) in [7, 11) is -1.99. The Morgan fingerprint density at radius 1 is 1.40 bits per heavy atom. The van der Waals surface area contributed by atoms with Crippen LogP contribution in [0.1, 0.15) is 5.82 Å². The summed E-state index contributed by atoms with van der Waals surface area (Å²) in [6, 6.07) is 4.62. The summed E-state index contributed by atoms with van der Waals surface area (Å²) in [6.45, 7) is 2.16. The molecule has 2 rings (SSSR count). The van der Waals surface area contributed by atoms with Gasteiger partial charge in [-0.25, -0.2) is 13.4 Å². The Morgan fingerprint density at radius 3 is 2.75 bits per heavy atom. The molecular weight excluding hydrogens is 278 g/mol. The highest BCUT2D eigenvalue weighted by molar-refractivity contribution is 7.91. The molecule has 108 valence electrons. The van der Waals surface area contributed by atoms with E-state index in [1.54, 1.807) is 23.0 Å². The van der Waals surface area contributed by atoms with Crippen LogP contribution in [-0.2, 0) is 16.4 Å². The van der Waals surface area contributed by atoms with Gasteiger partial charge in [0, 0.05) is 25.0 Å². The molecule has 0 unspecified atom stereocenters. The molecule has 20 heavy (non-hydrogen) atoms. The van der Waals surface area contributed by atoms with E-state index in [2.05, 4.69) is 4.98 Å². The molecule has 1 heterocycles. The summed E-state index contributed by atoms with van der Waals surface area (Å²) in [4.78, 5) is 4.16. The van der Waals surface area contributed by atoms with Crippen LogP contribution in [0.5, 0.6) is 5.75 Å². The molecule has 0 bridgehead atoms. The van der Waals surface area contributed by atoms with Crippen molar-refractivity contribution in [1.29, 1.82) is 0 Å². The van der Waals surface area contributed by atoms with E-state index in [1.807, 2.05) is 6.92 Å². The number of aromatic nitrogens is 2. The number of ether oxygens (including phenoxy) is 1. The summed E-state index contributed by atoms with van der Waals surface area (Å²) in [5, 5.41) is 0. The van der Waals surface area contributed by atoms with Crippen molar-refractivity contribution >= 4 is 15.5 Å². The van der Waals surface area contributed by atoms with Gasteiger partial charge < -0.3 is 15.0 Å². The van der Waals surface area contributed by atoms with E-state index in [1.165, 1.54) is 19.2 Å². The average Bonchev–Trinajstić information content (AvgIpc) is 2.82. The minimum absolute atomic E-state index is 0.0401. The van der Waals surface area contributed by atoms with Gasteiger partial charge in [0.15, 0.2) is 9.84 Å². The number of nitrogens with zero attached hydrogens (tertiary/aromatic N) is 2. The van der Waals surface area contributed by atoms with Crippen LogP contribution in [0.2, 0.25) is 0 Å². The molecule has 0 aliphatic rings. The van der Waals surface area contributed by atoms with Crippen LogP contribution in [0, 0.1) is 6.92 Å². The van der Waals surface area contributed by atoms with E-state index in [-0.39, 0.29) is 16.3 Å². The molecule has 0 saturated heterocycles. The standard InChI is InChI=1S/C13H17N3O3S/c1-10-15-5-6-16(10)7-8-20(17,18)13-9-11(19-2)3-4-12(13)14/h3-6,9H,7-8,14H2,1-2H3. The van der Waals surface area contributed by atoms with Crippen molar-refractivity contribution in [1.82, 2.24) is 9.55 Å². The fourth-order valence-electron chi connectivity index (χ4n) is 1.88. The Balaban J connectivity index is 2.24. The smallest absolute Gasteiger partial charge is 0.182 e. The van der Waals surface area contributed by atoms with E-state index in [0.717, 1.165) is 5.82 Å². The number of anilines is 1. The Bertz CT molecular complexity index is 707. The fraction of sp³-hybridized carbons (Fsp3) is 0.308. The van der Waals surface area contributed by atoms with Gasteiger partial charge in [0.25, 0.3) is 0 Å². The Hall–Kier alpha value is -2.02. The fourth-order valence-corrected chi connectivity index (χ4v) is 3.26. The van der Waals surface area contributed by atoms with E-state index >= 15 is 0 Å². The third-order valence-electron chi connectivity index (χ3n) is 3.08. The van der Waals surface area contributed by atoms with Crippen molar-refractivity contribution in [3.05, 3.63) is 36.4 Å². The minimum Gasteiger partial charge on any atom is -0.497 e. The number of hydrogen-bond donors (Lipinski definition) is 1. The zero-order valence-electron chi connectivity index (χ0n) is 11.4. The monoisotopic (exact) mass is 295 g/mol. The Morgan fingerprint density at radius 2 is 2.15 bits per heavy atom. The van der Waals surface area contributed by atoms with Gasteiger partial charge in [-0.15, -0.1) is 0 Å². The van der Waals surface area contributed by atoms with Gasteiger partial charge in [-0.2, -0.15) is 0 Å². The lowest BCUT2D eigenvalue weighted by Gasteiger charge is -2.10. The lowest BCUT2D eigenvalue weighted by molar-refractivity contribution is 0.413. The van der Waals surface area contributed by atoms with Crippen LogP contribution < -0.4 is 10.5 Å². The second-order valence-electron chi connectivity index (χ2n) is 4.39. The molecule has 7 heteroatoms. The highest BCUT2D eigenvalue weighted by atomic mass is 32.2. The molecular formula is C13H17N3O3S. The van der Waals surface area contributed by atoms with E-state index in [9.17, 15) is 8.42 Å². The predicted molar refractivity (Wildman–Crippen MR) is 76.4 cm³/mol. The lowest BCUT2D eigenvalue weighted by atomic mass is 10.3. The van der Waals surface area contributed by atoms with Crippen LogP contribution in [0.15, 0.2) is 35.5 Å². The van der Waals surface area contributed by atoms with Crippen LogP contribution >= 0.6 is 0 Å². The summed E-state index contributed by atoms with van der Waals surface area (Å²) in [5.74, 6) is 1.21. The molecule has 2 aromatic rings. The summed E-state index contributed by atoms with van der Waals surface area (Å²) >= 11 is 0. The maximum absolute atomic E-state index is 12.4. The first-order chi connectivity index (χ1) is 9.44. The van der Waals surface area contributed by atoms with Gasteiger partial charge in [-0.3, -0.25) is 0 Å². The number of sulfone groups is 1. The van der Waals surface area contributed by atoms with Crippen LogP contribution in [0.4, 0.5) is 5.69 Å². The van der Waals surface area contributed by atoms with Crippen molar-refractivity contribution < 1.29 is 13.2 Å². The largest absolute Gasteiger partial charge is 0.497 e. The second kappa shape index (κ2) is 5.54. The molecule has 0 spiro atoms. The van der Waals surface area contributed by atoms with Crippen molar-refractivity contribution in [3.8, 4) is 5.75 Å². The van der Waals surface area contributed by atoms with E-state index < -0.39 is 9.84 Å². The minimum atomic E-state index is -3.47. The average molecular weight is 295 g/mol. The summed E-state index contributed by atoms with van der Waals surface area (Å²) < 4.78 is 31.5. The van der Waals surface area contributed by atoms with Crippen LogP contribution in [-0.4, -0.2) is 30.8 Å². The Labute approximate surface area is 118 Å². The topological polar surface area (TPSA) is 87.2 Å². The zero-order chi connectivity index (χ0) is 14.8. The third kappa shape index (κ3) is 2.93. The summed E-state index contributed by atoms with van der Waals surface area (Å²) in [6.07, 6.45) is 3.39. The molecule has 0 atom stereocenters. The molecule has 1 aromatic carbocycles. The first-order valence-electron chi connectivity index (χ1n) is 6.08. The predicted octanol–water partition coefficient (Wildman–Crippen LogP) is 1.26. The zero-order valence-corrected chi connectivity index (χ0v) is 12.2. The van der Waals surface area contributed by atoms with Gasteiger partial charge in [-0.1, -0.05) is 0 Å². The molecule has 1 aromatic heterocycles. The summed E-state index contributed by atoms with van der Waals surface area (Å²) in [5.41, 5.74) is 5.99. The van der Waals surface area contributed by atoms with Crippen molar-refractivity contribution in [2.45, 2.75) is 18.4 Å². The maximum atomic E-state index is 12.4. The van der Waals surface area contributed by atoms with Crippen molar-refractivity contribution in [2.24, 2.45) is 0 Å². The molecule has 0 aliphatic carbocycles.